The Kier molecular flexibility index (Phi) is 5.79. The first-order chi connectivity index (χ1) is 14.6. The number of nitrogens with zero attached hydrogens (tertiary/aromatic N) is 7. The number of piperazine rings is 1. The molecule has 0 amide bonds. The normalized spacial score (nSPS) is 14.6. The molecule has 1 saturated heterocycles. The lowest BCUT2D eigenvalue weighted by atomic mass is 10.2. The van der Waals surface area contributed by atoms with Gasteiger partial charge in [0.2, 0.25) is 0 Å². The van der Waals surface area contributed by atoms with Gasteiger partial charge in [-0.05, 0) is 37.3 Å². The van der Waals surface area contributed by atoms with Crippen molar-refractivity contribution in [3.63, 3.8) is 0 Å². The number of aromatic nitrogens is 4. The fraction of sp³-hybridized carbons (Fsp3) is 0.333. The molecule has 0 bridgehead atoms. The van der Waals surface area contributed by atoms with E-state index >= 15 is 0 Å². The van der Waals surface area contributed by atoms with Crippen molar-refractivity contribution in [2.24, 2.45) is 0 Å². The monoisotopic (exact) mass is 421 g/mol. The molecule has 8 nitrogen and oxygen atoms in total. The van der Waals surface area contributed by atoms with Crippen LogP contribution in [0.15, 0.2) is 47.7 Å². The largest absolute Gasteiger partial charge is 0.469 e. The first kappa shape index (κ1) is 20.1. The van der Waals surface area contributed by atoms with E-state index in [-0.39, 0.29) is 0 Å². The third-order valence-corrected chi connectivity index (χ3v) is 5.67. The fourth-order valence-electron chi connectivity index (χ4n) is 3.61. The van der Waals surface area contributed by atoms with E-state index in [4.69, 9.17) is 27.0 Å². The zero-order valence-electron chi connectivity index (χ0n) is 16.9. The lowest BCUT2D eigenvalue weighted by molar-refractivity contribution is 0.194. The minimum absolute atomic E-state index is 0.591. The van der Waals surface area contributed by atoms with Crippen molar-refractivity contribution in [2.45, 2.75) is 20.1 Å². The Labute approximate surface area is 180 Å². The van der Waals surface area contributed by atoms with E-state index in [0.29, 0.717) is 23.5 Å². The molecule has 4 heterocycles. The summed E-state index contributed by atoms with van der Waals surface area (Å²) in [6.07, 6.45) is 5.17. The van der Waals surface area contributed by atoms with Crippen LogP contribution in [0.2, 0.25) is 0 Å². The Bertz CT molecular complexity index is 1140. The van der Waals surface area contributed by atoms with Gasteiger partial charge in [0.1, 0.15) is 11.6 Å². The highest BCUT2D eigenvalue weighted by Crippen LogP contribution is 2.24. The van der Waals surface area contributed by atoms with Crippen molar-refractivity contribution in [2.75, 3.05) is 31.1 Å². The van der Waals surface area contributed by atoms with Crippen LogP contribution in [0.25, 0.3) is 11.4 Å². The summed E-state index contributed by atoms with van der Waals surface area (Å²) < 4.78 is 9.97. The summed E-state index contributed by atoms with van der Waals surface area (Å²) in [5.41, 5.74) is 1.57. The number of nitriles is 1. The Hall–Kier alpha value is -3.22. The first-order valence-electron chi connectivity index (χ1n) is 9.77. The standard InChI is InChI=1S/C21H23N7OS/c1-3-7-27-20(18-5-12-29-16(18)2)24-28(21(27)30)15-25-8-10-26(11-9-25)19-13-17(14-22)4-6-23-19/h3-6,12-13H,1,7-11,15H2,2H3. The van der Waals surface area contributed by atoms with Crippen LogP contribution >= 0.6 is 12.2 Å². The van der Waals surface area contributed by atoms with Gasteiger partial charge >= 0.3 is 0 Å². The number of rotatable bonds is 6. The van der Waals surface area contributed by atoms with Crippen molar-refractivity contribution in [1.29, 1.82) is 5.26 Å². The number of hydrogen-bond acceptors (Lipinski definition) is 7. The number of pyridine rings is 1. The number of anilines is 1. The van der Waals surface area contributed by atoms with Gasteiger partial charge in [-0.2, -0.15) is 10.4 Å². The smallest absolute Gasteiger partial charge is 0.199 e. The number of hydrogen-bond donors (Lipinski definition) is 0. The topological polar surface area (TPSA) is 79.0 Å². The molecule has 0 radical (unpaired) electrons. The van der Waals surface area contributed by atoms with Gasteiger partial charge < -0.3 is 9.32 Å². The summed E-state index contributed by atoms with van der Waals surface area (Å²) in [6.45, 7) is 10.3. The molecule has 154 valence electrons. The molecule has 1 aliphatic heterocycles. The molecule has 0 unspecified atom stereocenters. The predicted octanol–water partition coefficient (Wildman–Crippen LogP) is 3.21. The second-order valence-corrected chi connectivity index (χ2v) is 7.52. The van der Waals surface area contributed by atoms with E-state index in [1.807, 2.05) is 34.4 Å². The van der Waals surface area contributed by atoms with Crippen molar-refractivity contribution >= 4 is 18.0 Å². The van der Waals surface area contributed by atoms with E-state index < -0.39 is 0 Å². The van der Waals surface area contributed by atoms with Crippen LogP contribution in [-0.2, 0) is 13.2 Å². The molecule has 1 fully saturated rings. The summed E-state index contributed by atoms with van der Waals surface area (Å²) >= 11 is 5.70. The SMILES string of the molecule is C=CCn1c(-c2ccoc2C)nn(CN2CCN(c3cc(C#N)ccn3)CC2)c1=S. The lowest BCUT2D eigenvalue weighted by Gasteiger charge is -2.35. The fourth-order valence-corrected chi connectivity index (χ4v) is 3.87. The molecule has 0 N–H and O–H groups in total. The Morgan fingerprint density at radius 1 is 1.30 bits per heavy atom. The minimum Gasteiger partial charge on any atom is -0.469 e. The molecule has 3 aromatic rings. The van der Waals surface area contributed by atoms with Crippen LogP contribution in [0.4, 0.5) is 5.82 Å². The maximum atomic E-state index is 9.10. The van der Waals surface area contributed by atoms with E-state index in [1.54, 1.807) is 18.5 Å². The predicted molar refractivity (Wildman–Crippen MR) is 116 cm³/mol. The zero-order valence-corrected chi connectivity index (χ0v) is 17.7. The molecule has 0 aromatic carbocycles. The van der Waals surface area contributed by atoms with Crippen molar-refractivity contribution in [3.8, 4) is 17.5 Å². The zero-order chi connectivity index (χ0) is 21.1. The average Bonchev–Trinajstić information content (AvgIpc) is 3.32. The molecule has 30 heavy (non-hydrogen) atoms. The molecule has 4 rings (SSSR count). The molecule has 3 aromatic heterocycles. The van der Waals surface area contributed by atoms with Crippen molar-refractivity contribution in [1.82, 2.24) is 24.2 Å². The number of aryl methyl sites for hydroxylation is 1. The minimum atomic E-state index is 0.591. The second-order valence-electron chi connectivity index (χ2n) is 7.16. The van der Waals surface area contributed by atoms with Gasteiger partial charge in [0.15, 0.2) is 10.6 Å². The second kappa shape index (κ2) is 8.65. The molecule has 0 atom stereocenters. The summed E-state index contributed by atoms with van der Waals surface area (Å²) in [6, 6.07) is 7.64. The van der Waals surface area contributed by atoms with Gasteiger partial charge in [-0.25, -0.2) is 9.67 Å². The third kappa shape index (κ3) is 3.92. The van der Waals surface area contributed by atoms with Gasteiger partial charge in [0.05, 0.1) is 30.1 Å². The molecule has 0 saturated carbocycles. The van der Waals surface area contributed by atoms with Crippen LogP contribution in [0.1, 0.15) is 11.3 Å². The molecule has 0 spiro atoms. The maximum absolute atomic E-state index is 9.10. The first-order valence-corrected chi connectivity index (χ1v) is 10.2. The van der Waals surface area contributed by atoms with Crippen molar-refractivity contribution < 1.29 is 4.42 Å². The van der Waals surface area contributed by atoms with E-state index in [9.17, 15) is 0 Å². The van der Waals surface area contributed by atoms with Crippen LogP contribution in [-0.4, -0.2) is 50.4 Å². The number of furan rings is 1. The molecule has 0 aliphatic carbocycles. The van der Waals surface area contributed by atoms with Gasteiger partial charge in [0.25, 0.3) is 0 Å². The van der Waals surface area contributed by atoms with Gasteiger partial charge in [-0.15, -0.1) is 6.58 Å². The van der Waals surface area contributed by atoms with Crippen LogP contribution in [0.3, 0.4) is 0 Å². The number of allylic oxidation sites excluding steroid dienone is 1. The van der Waals surface area contributed by atoms with Gasteiger partial charge in [-0.1, -0.05) is 6.08 Å². The Morgan fingerprint density at radius 2 is 2.10 bits per heavy atom. The Balaban J connectivity index is 1.49. The molecule has 1 aliphatic rings. The highest BCUT2D eigenvalue weighted by Gasteiger charge is 2.21. The third-order valence-electron chi connectivity index (χ3n) is 5.24. The average molecular weight is 422 g/mol. The highest BCUT2D eigenvalue weighted by atomic mass is 32.1. The van der Waals surface area contributed by atoms with Crippen LogP contribution in [0.5, 0.6) is 0 Å². The van der Waals surface area contributed by atoms with Crippen LogP contribution < -0.4 is 4.90 Å². The van der Waals surface area contributed by atoms with E-state index in [2.05, 4.69) is 27.4 Å². The summed E-state index contributed by atoms with van der Waals surface area (Å²) in [5.74, 6) is 2.45. The lowest BCUT2D eigenvalue weighted by Crippen LogP contribution is -2.47. The Morgan fingerprint density at radius 3 is 2.77 bits per heavy atom. The molecular formula is C21H23N7OS. The van der Waals surface area contributed by atoms with Crippen molar-refractivity contribution in [3.05, 3.63) is 59.4 Å². The van der Waals surface area contributed by atoms with E-state index in [1.165, 1.54) is 0 Å². The summed E-state index contributed by atoms with van der Waals surface area (Å²) in [7, 11) is 0. The van der Waals surface area contributed by atoms with Gasteiger partial charge in [-0.3, -0.25) is 9.47 Å². The quantitative estimate of drug-likeness (QED) is 0.447. The highest BCUT2D eigenvalue weighted by molar-refractivity contribution is 7.71. The maximum Gasteiger partial charge on any atom is 0.199 e. The summed E-state index contributed by atoms with van der Waals surface area (Å²) in [5, 5.41) is 13.9. The summed E-state index contributed by atoms with van der Waals surface area (Å²) in [4.78, 5) is 8.93. The van der Waals surface area contributed by atoms with Gasteiger partial charge in [0, 0.05) is 38.9 Å². The molecule has 9 heteroatoms. The van der Waals surface area contributed by atoms with Crippen LogP contribution in [0, 0.1) is 23.0 Å². The van der Waals surface area contributed by atoms with E-state index in [0.717, 1.165) is 49.1 Å². The molecular weight excluding hydrogens is 398 g/mol.